The van der Waals surface area contributed by atoms with Gasteiger partial charge in [-0.1, -0.05) is 209 Å². The zero-order chi connectivity index (χ0) is 41.5. The van der Waals surface area contributed by atoms with Crippen molar-refractivity contribution in [2.45, 2.75) is 129 Å². The Morgan fingerprint density at radius 2 is 1.10 bits per heavy atom. The van der Waals surface area contributed by atoms with Gasteiger partial charge in [0.05, 0.1) is 6.04 Å². The van der Waals surface area contributed by atoms with E-state index in [-0.39, 0.29) is 22.3 Å². The largest absolute Gasteiger partial charge is 0.332 e. The smallest absolute Gasteiger partial charge is 0.0632 e. The third kappa shape index (κ3) is 8.36. The molecule has 0 amide bonds. The predicted octanol–water partition coefficient (Wildman–Crippen LogP) is 16.7. The van der Waals surface area contributed by atoms with Crippen molar-refractivity contribution in [1.29, 1.82) is 0 Å². The first kappa shape index (κ1) is 40.6. The van der Waals surface area contributed by atoms with Crippen LogP contribution < -0.4 is 4.90 Å². The molecule has 2 aliphatic carbocycles. The second-order valence-corrected chi connectivity index (χ2v) is 20.4. The van der Waals surface area contributed by atoms with Gasteiger partial charge in [-0.2, -0.15) is 0 Å². The highest BCUT2D eigenvalue weighted by atomic mass is 15.2. The Kier molecular flexibility index (Phi) is 11.1. The number of nitrogens with zero attached hydrogens (tertiary/aromatic N) is 1. The zero-order valence-corrected chi connectivity index (χ0v) is 37.2. The number of allylic oxidation sites excluding steroid dienone is 2. The van der Waals surface area contributed by atoms with E-state index in [1.807, 2.05) is 0 Å². The number of fused-ring (bicyclic) bond motifs is 1. The molecular weight excluding hydrogens is 711 g/mol. The van der Waals surface area contributed by atoms with Gasteiger partial charge in [-0.15, -0.1) is 0 Å². The summed E-state index contributed by atoms with van der Waals surface area (Å²) in [5, 5.41) is 2.79. The van der Waals surface area contributed by atoms with E-state index in [9.17, 15) is 0 Å². The molecule has 2 aliphatic rings. The van der Waals surface area contributed by atoms with Crippen molar-refractivity contribution >= 4 is 27.7 Å². The average molecular weight is 776 g/mol. The van der Waals surface area contributed by atoms with Crippen molar-refractivity contribution < 1.29 is 0 Å². The Balaban J connectivity index is 1.42. The molecule has 1 saturated carbocycles. The van der Waals surface area contributed by atoms with Gasteiger partial charge in [-0.3, -0.25) is 0 Å². The van der Waals surface area contributed by atoms with Crippen LogP contribution in [0, 0.1) is 0 Å². The highest BCUT2D eigenvalue weighted by Gasteiger charge is 2.32. The third-order valence-corrected chi connectivity index (χ3v) is 13.1. The van der Waals surface area contributed by atoms with Gasteiger partial charge < -0.3 is 4.90 Å². The third-order valence-electron chi connectivity index (χ3n) is 13.1. The molecule has 0 aliphatic heterocycles. The quantitative estimate of drug-likeness (QED) is 0.156. The average Bonchev–Trinajstić information content (AvgIpc) is 3.23. The summed E-state index contributed by atoms with van der Waals surface area (Å²) in [6.07, 6.45) is 14.6. The van der Waals surface area contributed by atoms with Crippen molar-refractivity contribution in [3.05, 3.63) is 173 Å². The number of para-hydroxylation sites is 1. The van der Waals surface area contributed by atoms with Crippen molar-refractivity contribution in [2.75, 3.05) is 4.90 Å². The topological polar surface area (TPSA) is 3.24 Å². The standard InChI is InChI=1S/C58H65N/c1-56(2,3)44-34-35-54(51(39-44)41-24-14-11-15-25-41)59(52-32-18-16-28-47(52)43-36-45(57(4,5)6)38-46(37-43)58(7,8)9)53-33-19-17-29-49(53)50-31-21-27-42-26-20-30-48(55(42)50)40-22-12-10-13-23-40/h11,14-21,24-32,34-40,53H,10,12-13,22-23,33H2,1-9H3. The summed E-state index contributed by atoms with van der Waals surface area (Å²) in [6.45, 7) is 21.1. The van der Waals surface area contributed by atoms with Gasteiger partial charge in [0.25, 0.3) is 0 Å². The van der Waals surface area contributed by atoms with E-state index < -0.39 is 0 Å². The second kappa shape index (κ2) is 16.1. The molecule has 0 radical (unpaired) electrons. The molecule has 0 N–H and O–H groups in total. The van der Waals surface area contributed by atoms with Gasteiger partial charge in [-0.25, -0.2) is 0 Å². The normalized spacial score (nSPS) is 16.6. The van der Waals surface area contributed by atoms with Crippen LogP contribution in [0.1, 0.15) is 135 Å². The SMILES string of the molecule is CC(C)(C)c1cc(-c2ccccc2N(c2ccc(C(C)(C)C)cc2-c2ccccc2)C2CC=CC=C2c2cccc3cccc(C4CCCCC4)c23)cc(C(C)(C)C)c1. The van der Waals surface area contributed by atoms with E-state index in [0.29, 0.717) is 5.92 Å². The second-order valence-electron chi connectivity index (χ2n) is 20.4. The summed E-state index contributed by atoms with van der Waals surface area (Å²) < 4.78 is 0. The summed E-state index contributed by atoms with van der Waals surface area (Å²) in [7, 11) is 0. The fourth-order valence-corrected chi connectivity index (χ4v) is 9.60. The molecule has 59 heavy (non-hydrogen) atoms. The number of hydrogen-bond acceptors (Lipinski definition) is 1. The van der Waals surface area contributed by atoms with Crippen LogP contribution >= 0.6 is 0 Å². The number of rotatable bonds is 7. The minimum absolute atomic E-state index is 0.00133. The van der Waals surface area contributed by atoms with E-state index in [0.717, 1.165) is 6.42 Å². The summed E-state index contributed by atoms with van der Waals surface area (Å²) in [4.78, 5) is 2.72. The predicted molar refractivity (Wildman–Crippen MR) is 257 cm³/mol. The van der Waals surface area contributed by atoms with E-state index in [4.69, 9.17) is 0 Å². The molecule has 6 aromatic rings. The van der Waals surface area contributed by atoms with Crippen molar-refractivity contribution in [3.63, 3.8) is 0 Å². The Morgan fingerprint density at radius 1 is 0.492 bits per heavy atom. The minimum Gasteiger partial charge on any atom is -0.332 e. The lowest BCUT2D eigenvalue weighted by Crippen LogP contribution is -2.34. The van der Waals surface area contributed by atoms with E-state index in [1.165, 1.54) is 110 Å². The van der Waals surface area contributed by atoms with E-state index in [1.54, 1.807) is 0 Å². The van der Waals surface area contributed by atoms with Crippen LogP contribution in [0.15, 0.2) is 146 Å². The highest BCUT2D eigenvalue weighted by Crippen LogP contribution is 2.49. The molecule has 302 valence electrons. The van der Waals surface area contributed by atoms with Crippen LogP contribution in [0.2, 0.25) is 0 Å². The Hall–Kier alpha value is -5.14. The Morgan fingerprint density at radius 3 is 1.78 bits per heavy atom. The first-order chi connectivity index (χ1) is 28.2. The summed E-state index contributed by atoms with van der Waals surface area (Å²) in [5.74, 6) is 0.602. The maximum absolute atomic E-state index is 2.72. The van der Waals surface area contributed by atoms with Crippen LogP contribution in [0.5, 0.6) is 0 Å². The fourth-order valence-electron chi connectivity index (χ4n) is 9.60. The van der Waals surface area contributed by atoms with Crippen LogP contribution in [0.25, 0.3) is 38.6 Å². The molecule has 1 atom stereocenters. The lowest BCUT2D eigenvalue weighted by molar-refractivity contribution is 0.445. The number of hydrogen-bond donors (Lipinski definition) is 0. The van der Waals surface area contributed by atoms with Crippen molar-refractivity contribution in [3.8, 4) is 22.3 Å². The molecular formula is C58H65N. The molecule has 1 fully saturated rings. The lowest BCUT2D eigenvalue weighted by Gasteiger charge is -2.40. The van der Waals surface area contributed by atoms with Crippen LogP contribution in [0.4, 0.5) is 11.4 Å². The van der Waals surface area contributed by atoms with Crippen LogP contribution in [0.3, 0.4) is 0 Å². The molecule has 6 aromatic carbocycles. The molecule has 8 rings (SSSR count). The molecule has 0 aromatic heterocycles. The molecule has 0 heterocycles. The van der Waals surface area contributed by atoms with Crippen molar-refractivity contribution in [2.24, 2.45) is 0 Å². The highest BCUT2D eigenvalue weighted by molar-refractivity contribution is 6.00. The van der Waals surface area contributed by atoms with Gasteiger partial charge >= 0.3 is 0 Å². The summed E-state index contributed by atoms with van der Waals surface area (Å²) in [6, 6.07) is 49.1. The molecule has 0 bridgehead atoms. The van der Waals surface area contributed by atoms with Gasteiger partial charge in [0.2, 0.25) is 0 Å². The molecule has 1 unspecified atom stereocenters. The maximum atomic E-state index is 2.72. The minimum atomic E-state index is -0.00133. The monoisotopic (exact) mass is 776 g/mol. The molecule has 1 heteroatoms. The summed E-state index contributed by atoms with van der Waals surface area (Å²) in [5.41, 5.74) is 15.9. The van der Waals surface area contributed by atoms with Crippen LogP contribution in [-0.2, 0) is 16.2 Å². The maximum Gasteiger partial charge on any atom is 0.0632 e. The van der Waals surface area contributed by atoms with Crippen LogP contribution in [-0.4, -0.2) is 6.04 Å². The first-order valence-corrected chi connectivity index (χ1v) is 22.3. The van der Waals surface area contributed by atoms with Gasteiger partial charge in [0.1, 0.15) is 0 Å². The molecule has 0 saturated heterocycles. The Labute approximate surface area is 355 Å². The van der Waals surface area contributed by atoms with E-state index >= 15 is 0 Å². The van der Waals surface area contributed by atoms with E-state index in [2.05, 4.69) is 213 Å². The van der Waals surface area contributed by atoms with Gasteiger partial charge in [0, 0.05) is 22.5 Å². The number of benzene rings is 6. The summed E-state index contributed by atoms with van der Waals surface area (Å²) >= 11 is 0. The van der Waals surface area contributed by atoms with Gasteiger partial charge in [0.15, 0.2) is 0 Å². The fraction of sp³-hybridized carbons (Fsp3) is 0.345. The number of anilines is 2. The Bertz CT molecular complexity index is 2460. The zero-order valence-electron chi connectivity index (χ0n) is 37.2. The van der Waals surface area contributed by atoms with Crippen molar-refractivity contribution in [1.82, 2.24) is 0 Å². The molecule has 1 nitrogen and oxygen atoms in total. The lowest BCUT2D eigenvalue weighted by atomic mass is 9.78. The van der Waals surface area contributed by atoms with Gasteiger partial charge in [-0.05, 0) is 115 Å². The molecule has 0 spiro atoms. The first-order valence-electron chi connectivity index (χ1n) is 22.3.